The summed E-state index contributed by atoms with van der Waals surface area (Å²) in [4.78, 5) is 4.52. The van der Waals surface area contributed by atoms with E-state index < -0.39 is 0 Å². The summed E-state index contributed by atoms with van der Waals surface area (Å²) >= 11 is 0. The molecule has 3 N–H and O–H groups in total. The van der Waals surface area contributed by atoms with Gasteiger partial charge in [-0.25, -0.2) is 0 Å². The fourth-order valence-corrected chi connectivity index (χ4v) is 4.05. The molecular formula is C21H25N5O. The van der Waals surface area contributed by atoms with Crippen LogP contribution in [-0.4, -0.2) is 25.5 Å². The van der Waals surface area contributed by atoms with E-state index in [0.717, 1.165) is 46.2 Å². The van der Waals surface area contributed by atoms with Crippen LogP contribution in [-0.2, 0) is 6.54 Å². The molecule has 0 radical (unpaired) electrons. The van der Waals surface area contributed by atoms with E-state index in [-0.39, 0.29) is 6.29 Å². The van der Waals surface area contributed by atoms with Gasteiger partial charge in [0.1, 0.15) is 5.76 Å². The molecule has 0 aliphatic carbocycles. The van der Waals surface area contributed by atoms with E-state index in [4.69, 9.17) is 10.3 Å². The quantitative estimate of drug-likeness (QED) is 0.692. The van der Waals surface area contributed by atoms with Crippen LogP contribution < -0.4 is 20.9 Å². The molecule has 0 bridgehead atoms. The first-order valence-electron chi connectivity index (χ1n) is 9.08. The SMILES string of the molecule is CNC1N(C)c2c(N)cc(-c3c(C)noc3C)cc2N1Cc1ccccc1. The van der Waals surface area contributed by atoms with Gasteiger partial charge >= 0.3 is 0 Å². The van der Waals surface area contributed by atoms with Crippen molar-refractivity contribution in [2.45, 2.75) is 26.7 Å². The number of aromatic nitrogens is 1. The standard InChI is InChI=1S/C21H25N5O/c1-13-19(14(2)27-24-13)16-10-17(22)20-18(11-16)26(21(23-3)25(20)4)12-15-8-6-5-7-9-15/h5-11,21,23H,12,22H2,1-4H3. The molecule has 4 rings (SSSR count). The second-order valence-corrected chi connectivity index (χ2v) is 7.02. The summed E-state index contributed by atoms with van der Waals surface area (Å²) in [6.45, 7) is 4.68. The van der Waals surface area contributed by atoms with Crippen LogP contribution in [0.5, 0.6) is 0 Å². The lowest BCUT2D eigenvalue weighted by molar-refractivity contribution is 0.393. The molecule has 1 aromatic heterocycles. The van der Waals surface area contributed by atoms with Gasteiger partial charge in [-0.05, 0) is 44.2 Å². The van der Waals surface area contributed by atoms with Crippen molar-refractivity contribution in [3.05, 3.63) is 59.5 Å². The highest BCUT2D eigenvalue weighted by Gasteiger charge is 2.35. The lowest BCUT2D eigenvalue weighted by atomic mass is 10.0. The Balaban J connectivity index is 1.84. The third-order valence-electron chi connectivity index (χ3n) is 5.22. The van der Waals surface area contributed by atoms with Gasteiger partial charge in [-0.1, -0.05) is 35.5 Å². The van der Waals surface area contributed by atoms with Crippen molar-refractivity contribution in [1.29, 1.82) is 0 Å². The Labute approximate surface area is 159 Å². The minimum absolute atomic E-state index is 0.0300. The number of nitrogens with one attached hydrogen (secondary N) is 1. The van der Waals surface area contributed by atoms with Crippen molar-refractivity contribution in [2.75, 3.05) is 29.6 Å². The van der Waals surface area contributed by atoms with E-state index in [0.29, 0.717) is 0 Å². The van der Waals surface area contributed by atoms with Gasteiger partial charge in [0.2, 0.25) is 0 Å². The number of fused-ring (bicyclic) bond motifs is 1. The van der Waals surface area contributed by atoms with Crippen molar-refractivity contribution in [2.24, 2.45) is 0 Å². The van der Waals surface area contributed by atoms with Crippen LogP contribution in [0.1, 0.15) is 17.0 Å². The van der Waals surface area contributed by atoms with Gasteiger partial charge in [0.05, 0.1) is 22.8 Å². The van der Waals surface area contributed by atoms with Crippen LogP contribution in [0.25, 0.3) is 11.1 Å². The largest absolute Gasteiger partial charge is 0.397 e. The molecule has 0 amide bonds. The Morgan fingerprint density at radius 3 is 2.56 bits per heavy atom. The number of rotatable bonds is 4. The Morgan fingerprint density at radius 2 is 1.93 bits per heavy atom. The predicted octanol–water partition coefficient (Wildman–Crippen LogP) is 3.50. The number of hydrogen-bond donors (Lipinski definition) is 2. The summed E-state index contributed by atoms with van der Waals surface area (Å²) in [5.41, 5.74) is 13.6. The van der Waals surface area contributed by atoms with Crippen molar-refractivity contribution < 1.29 is 4.52 Å². The number of benzene rings is 2. The molecule has 1 aliphatic rings. The van der Waals surface area contributed by atoms with Gasteiger partial charge in [0.25, 0.3) is 0 Å². The first kappa shape index (κ1) is 17.4. The number of nitrogens with two attached hydrogens (primary N) is 1. The Bertz CT molecular complexity index is 947. The smallest absolute Gasteiger partial charge is 0.157 e. The number of nitrogens with zero attached hydrogens (tertiary/aromatic N) is 3. The number of aryl methyl sites for hydroxylation is 2. The van der Waals surface area contributed by atoms with Crippen LogP contribution in [0.3, 0.4) is 0 Å². The Kier molecular flexibility index (Phi) is 4.28. The molecule has 6 heteroatoms. The number of hydrogen-bond acceptors (Lipinski definition) is 6. The predicted molar refractivity (Wildman–Crippen MR) is 110 cm³/mol. The maximum Gasteiger partial charge on any atom is 0.157 e. The number of anilines is 3. The second kappa shape index (κ2) is 6.63. The average molecular weight is 363 g/mol. The van der Waals surface area contributed by atoms with E-state index in [1.54, 1.807) is 0 Å². The average Bonchev–Trinajstić information content (AvgIpc) is 3.12. The summed E-state index contributed by atoms with van der Waals surface area (Å²) in [6.07, 6.45) is 0.0300. The highest BCUT2D eigenvalue weighted by atomic mass is 16.5. The van der Waals surface area contributed by atoms with E-state index in [2.05, 4.69) is 57.7 Å². The molecular weight excluding hydrogens is 338 g/mol. The summed E-state index contributed by atoms with van der Waals surface area (Å²) in [7, 11) is 4.04. The lowest BCUT2D eigenvalue weighted by Gasteiger charge is -2.30. The van der Waals surface area contributed by atoms with Crippen LogP contribution in [0, 0.1) is 13.8 Å². The minimum Gasteiger partial charge on any atom is -0.397 e. The molecule has 0 spiro atoms. The van der Waals surface area contributed by atoms with Gasteiger partial charge in [0, 0.05) is 19.2 Å². The zero-order chi connectivity index (χ0) is 19.1. The van der Waals surface area contributed by atoms with Gasteiger partial charge in [-0.15, -0.1) is 0 Å². The monoisotopic (exact) mass is 363 g/mol. The summed E-state index contributed by atoms with van der Waals surface area (Å²) < 4.78 is 5.37. The molecule has 1 aliphatic heterocycles. The molecule has 1 atom stereocenters. The molecule has 2 aromatic carbocycles. The van der Waals surface area contributed by atoms with Crippen molar-refractivity contribution in [3.8, 4) is 11.1 Å². The van der Waals surface area contributed by atoms with E-state index in [1.165, 1.54) is 5.56 Å². The van der Waals surface area contributed by atoms with Gasteiger partial charge in [-0.2, -0.15) is 0 Å². The molecule has 3 aromatic rings. The first-order valence-corrected chi connectivity index (χ1v) is 9.08. The third-order valence-corrected chi connectivity index (χ3v) is 5.22. The molecule has 2 heterocycles. The van der Waals surface area contributed by atoms with Gasteiger partial charge < -0.3 is 20.1 Å². The van der Waals surface area contributed by atoms with Gasteiger partial charge in [0.15, 0.2) is 6.29 Å². The topological polar surface area (TPSA) is 70.6 Å². The molecule has 0 fully saturated rings. The van der Waals surface area contributed by atoms with Crippen LogP contribution in [0.4, 0.5) is 17.1 Å². The highest BCUT2D eigenvalue weighted by molar-refractivity contribution is 5.92. The maximum atomic E-state index is 6.49. The zero-order valence-electron chi connectivity index (χ0n) is 16.2. The van der Waals surface area contributed by atoms with Crippen LogP contribution in [0.2, 0.25) is 0 Å². The lowest BCUT2D eigenvalue weighted by Crippen LogP contribution is -2.50. The number of nitrogen functional groups attached to an aromatic ring is 1. The fraction of sp³-hybridized carbons (Fsp3) is 0.286. The van der Waals surface area contributed by atoms with Crippen molar-refractivity contribution >= 4 is 17.1 Å². The van der Waals surface area contributed by atoms with E-state index in [9.17, 15) is 0 Å². The first-order chi connectivity index (χ1) is 13.0. The van der Waals surface area contributed by atoms with Crippen molar-refractivity contribution in [1.82, 2.24) is 10.5 Å². The fourth-order valence-electron chi connectivity index (χ4n) is 4.05. The summed E-state index contributed by atoms with van der Waals surface area (Å²) in [5.74, 6) is 0.804. The summed E-state index contributed by atoms with van der Waals surface area (Å²) in [6, 6.07) is 14.7. The van der Waals surface area contributed by atoms with Crippen molar-refractivity contribution in [3.63, 3.8) is 0 Å². The third kappa shape index (κ3) is 2.82. The maximum absolute atomic E-state index is 6.49. The Hall–Kier alpha value is -2.99. The molecule has 0 saturated heterocycles. The van der Waals surface area contributed by atoms with E-state index in [1.807, 2.05) is 33.0 Å². The summed E-state index contributed by atoms with van der Waals surface area (Å²) in [5, 5.41) is 7.50. The zero-order valence-corrected chi connectivity index (χ0v) is 16.2. The normalized spacial score (nSPS) is 16.1. The molecule has 140 valence electrons. The van der Waals surface area contributed by atoms with E-state index >= 15 is 0 Å². The minimum atomic E-state index is 0.0300. The highest BCUT2D eigenvalue weighted by Crippen LogP contribution is 2.46. The van der Waals surface area contributed by atoms with Crippen LogP contribution >= 0.6 is 0 Å². The molecule has 6 nitrogen and oxygen atoms in total. The molecule has 1 unspecified atom stereocenters. The van der Waals surface area contributed by atoms with Gasteiger partial charge in [-0.3, -0.25) is 5.32 Å². The molecule has 27 heavy (non-hydrogen) atoms. The Morgan fingerprint density at radius 1 is 1.19 bits per heavy atom. The van der Waals surface area contributed by atoms with Crippen LogP contribution in [0.15, 0.2) is 47.0 Å². The molecule has 0 saturated carbocycles. The second-order valence-electron chi connectivity index (χ2n) is 7.02.